The van der Waals surface area contributed by atoms with Gasteiger partial charge in [0.1, 0.15) is 5.76 Å². The fraction of sp³-hybridized carbons (Fsp3) is 0.250. The minimum Gasteiger partial charge on any atom is -0.360 e. The SMILES string of the molecule is Cc1cc(CSCc2cccc(F)c2F)on1. The molecular formula is C12H11F2NOS. The fourth-order valence-electron chi connectivity index (χ4n) is 1.41. The van der Waals surface area contributed by atoms with Crippen LogP contribution in [0.15, 0.2) is 28.8 Å². The normalized spacial score (nSPS) is 10.8. The van der Waals surface area contributed by atoms with Crippen LogP contribution in [0.3, 0.4) is 0 Å². The Hall–Kier alpha value is -1.36. The van der Waals surface area contributed by atoms with Gasteiger partial charge < -0.3 is 4.52 Å². The van der Waals surface area contributed by atoms with Crippen LogP contribution < -0.4 is 0 Å². The van der Waals surface area contributed by atoms with E-state index in [2.05, 4.69) is 5.16 Å². The number of hydrogen-bond acceptors (Lipinski definition) is 3. The van der Waals surface area contributed by atoms with Gasteiger partial charge in [-0.05, 0) is 13.0 Å². The van der Waals surface area contributed by atoms with Crippen molar-refractivity contribution < 1.29 is 13.3 Å². The lowest BCUT2D eigenvalue weighted by atomic mass is 10.2. The van der Waals surface area contributed by atoms with E-state index in [1.807, 2.05) is 13.0 Å². The number of aryl methyl sites for hydroxylation is 1. The zero-order valence-electron chi connectivity index (χ0n) is 9.24. The monoisotopic (exact) mass is 255 g/mol. The smallest absolute Gasteiger partial charge is 0.162 e. The highest BCUT2D eigenvalue weighted by Crippen LogP contribution is 2.21. The lowest BCUT2D eigenvalue weighted by Crippen LogP contribution is -1.92. The van der Waals surface area contributed by atoms with Gasteiger partial charge in [0.25, 0.3) is 0 Å². The van der Waals surface area contributed by atoms with E-state index in [9.17, 15) is 8.78 Å². The first-order chi connectivity index (χ1) is 8.16. The van der Waals surface area contributed by atoms with Crippen molar-refractivity contribution in [3.8, 4) is 0 Å². The second-order valence-corrected chi connectivity index (χ2v) is 4.63. The molecule has 0 unspecified atom stereocenters. The number of halogens is 2. The van der Waals surface area contributed by atoms with E-state index in [1.165, 1.54) is 17.8 Å². The predicted octanol–water partition coefficient (Wildman–Crippen LogP) is 3.69. The Bertz CT molecular complexity index is 513. The third kappa shape index (κ3) is 3.06. The van der Waals surface area contributed by atoms with Crippen molar-refractivity contribution in [1.82, 2.24) is 5.16 Å². The Labute approximate surface area is 102 Å². The first-order valence-electron chi connectivity index (χ1n) is 5.09. The summed E-state index contributed by atoms with van der Waals surface area (Å²) in [4.78, 5) is 0. The van der Waals surface area contributed by atoms with E-state index in [-0.39, 0.29) is 0 Å². The van der Waals surface area contributed by atoms with E-state index in [0.717, 1.165) is 17.5 Å². The maximum atomic E-state index is 13.3. The van der Waals surface area contributed by atoms with Crippen LogP contribution in [-0.2, 0) is 11.5 Å². The lowest BCUT2D eigenvalue weighted by molar-refractivity contribution is 0.391. The standard InChI is InChI=1S/C12H11F2NOS/c1-8-5-10(16-15-8)7-17-6-9-3-2-4-11(13)12(9)14/h2-5H,6-7H2,1H3. The molecule has 2 rings (SSSR count). The highest BCUT2D eigenvalue weighted by atomic mass is 32.2. The molecule has 0 bridgehead atoms. The summed E-state index contributed by atoms with van der Waals surface area (Å²) in [5.74, 6) is 0.164. The topological polar surface area (TPSA) is 26.0 Å². The molecule has 1 aromatic carbocycles. The average Bonchev–Trinajstić information content (AvgIpc) is 2.70. The highest BCUT2D eigenvalue weighted by Gasteiger charge is 2.08. The van der Waals surface area contributed by atoms with Crippen LogP contribution in [0.1, 0.15) is 17.0 Å². The van der Waals surface area contributed by atoms with Crippen molar-refractivity contribution in [3.05, 3.63) is 52.9 Å². The zero-order valence-corrected chi connectivity index (χ0v) is 10.1. The van der Waals surface area contributed by atoms with Gasteiger partial charge in [0, 0.05) is 17.4 Å². The van der Waals surface area contributed by atoms with Crippen LogP contribution in [0, 0.1) is 18.6 Å². The Morgan fingerprint density at radius 1 is 1.29 bits per heavy atom. The van der Waals surface area contributed by atoms with Gasteiger partial charge in [-0.3, -0.25) is 0 Å². The molecule has 0 radical (unpaired) electrons. The van der Waals surface area contributed by atoms with Crippen LogP contribution in [0.25, 0.3) is 0 Å². The minimum atomic E-state index is -0.807. The van der Waals surface area contributed by atoms with Gasteiger partial charge in [-0.15, -0.1) is 11.8 Å². The number of nitrogens with zero attached hydrogens (tertiary/aromatic N) is 1. The largest absolute Gasteiger partial charge is 0.360 e. The number of rotatable bonds is 4. The van der Waals surface area contributed by atoms with Gasteiger partial charge in [-0.1, -0.05) is 17.3 Å². The molecule has 2 nitrogen and oxygen atoms in total. The van der Waals surface area contributed by atoms with E-state index >= 15 is 0 Å². The second-order valence-electron chi connectivity index (χ2n) is 3.64. The molecule has 1 heterocycles. The highest BCUT2D eigenvalue weighted by molar-refractivity contribution is 7.97. The van der Waals surface area contributed by atoms with Crippen molar-refractivity contribution in [2.24, 2.45) is 0 Å². The molecule has 0 aliphatic heterocycles. The van der Waals surface area contributed by atoms with Gasteiger partial charge in [0.15, 0.2) is 11.6 Å². The third-order valence-electron chi connectivity index (χ3n) is 2.21. The molecule has 0 spiro atoms. The fourth-order valence-corrected chi connectivity index (χ4v) is 2.29. The van der Waals surface area contributed by atoms with Crippen molar-refractivity contribution >= 4 is 11.8 Å². The summed E-state index contributed by atoms with van der Waals surface area (Å²) in [5.41, 5.74) is 1.18. The summed E-state index contributed by atoms with van der Waals surface area (Å²) in [5, 5.41) is 3.75. The molecule has 0 saturated carbocycles. The molecule has 0 fully saturated rings. The zero-order chi connectivity index (χ0) is 12.3. The van der Waals surface area contributed by atoms with E-state index in [0.29, 0.717) is 17.1 Å². The molecular weight excluding hydrogens is 244 g/mol. The van der Waals surface area contributed by atoms with E-state index in [1.54, 1.807) is 6.07 Å². The first kappa shape index (κ1) is 12.1. The van der Waals surface area contributed by atoms with Crippen molar-refractivity contribution in [2.75, 3.05) is 0 Å². The molecule has 0 aliphatic rings. The summed E-state index contributed by atoms with van der Waals surface area (Å²) in [6.07, 6.45) is 0. The Kier molecular flexibility index (Phi) is 3.78. The quantitative estimate of drug-likeness (QED) is 0.833. The molecule has 17 heavy (non-hydrogen) atoms. The number of aromatic nitrogens is 1. The van der Waals surface area contributed by atoms with E-state index in [4.69, 9.17) is 4.52 Å². The van der Waals surface area contributed by atoms with Crippen LogP contribution in [-0.4, -0.2) is 5.16 Å². The number of benzene rings is 1. The summed E-state index contributed by atoms with van der Waals surface area (Å²) in [6, 6.07) is 6.03. The average molecular weight is 255 g/mol. The predicted molar refractivity (Wildman–Crippen MR) is 62.6 cm³/mol. The maximum absolute atomic E-state index is 13.3. The van der Waals surface area contributed by atoms with Crippen molar-refractivity contribution in [1.29, 1.82) is 0 Å². The van der Waals surface area contributed by atoms with Gasteiger partial charge in [0.2, 0.25) is 0 Å². The number of thioether (sulfide) groups is 1. The van der Waals surface area contributed by atoms with Crippen LogP contribution in [0.5, 0.6) is 0 Å². The molecule has 90 valence electrons. The van der Waals surface area contributed by atoms with Crippen molar-refractivity contribution in [3.63, 3.8) is 0 Å². The lowest BCUT2D eigenvalue weighted by Gasteiger charge is -2.02. The minimum absolute atomic E-state index is 0.367. The molecule has 5 heteroatoms. The molecule has 0 N–H and O–H groups in total. The first-order valence-corrected chi connectivity index (χ1v) is 6.25. The molecule has 0 amide bonds. The molecule has 2 aromatic rings. The number of hydrogen-bond donors (Lipinski definition) is 0. The van der Waals surface area contributed by atoms with Crippen LogP contribution >= 0.6 is 11.8 Å². The molecule has 1 aromatic heterocycles. The second kappa shape index (κ2) is 5.31. The van der Waals surface area contributed by atoms with Crippen LogP contribution in [0.2, 0.25) is 0 Å². The van der Waals surface area contributed by atoms with Gasteiger partial charge in [-0.2, -0.15) is 0 Å². The molecule has 0 atom stereocenters. The summed E-state index contributed by atoms with van der Waals surface area (Å²) in [7, 11) is 0. The Morgan fingerprint density at radius 2 is 2.12 bits per heavy atom. The summed E-state index contributed by atoms with van der Waals surface area (Å²) in [6.45, 7) is 1.84. The maximum Gasteiger partial charge on any atom is 0.162 e. The molecule has 0 aliphatic carbocycles. The van der Waals surface area contributed by atoms with E-state index < -0.39 is 11.6 Å². The summed E-state index contributed by atoms with van der Waals surface area (Å²) < 4.78 is 31.2. The van der Waals surface area contributed by atoms with Crippen LogP contribution in [0.4, 0.5) is 8.78 Å². The van der Waals surface area contributed by atoms with Gasteiger partial charge in [0.05, 0.1) is 11.4 Å². The summed E-state index contributed by atoms with van der Waals surface area (Å²) >= 11 is 1.46. The Balaban J connectivity index is 1.92. The van der Waals surface area contributed by atoms with Gasteiger partial charge in [-0.25, -0.2) is 8.78 Å². The molecule has 0 saturated heterocycles. The van der Waals surface area contributed by atoms with Gasteiger partial charge >= 0.3 is 0 Å². The Morgan fingerprint density at radius 3 is 2.82 bits per heavy atom. The van der Waals surface area contributed by atoms with Crippen molar-refractivity contribution in [2.45, 2.75) is 18.4 Å². The third-order valence-corrected chi connectivity index (χ3v) is 3.21.